The van der Waals surface area contributed by atoms with Crippen LogP contribution in [0.25, 0.3) is 0 Å². The Morgan fingerprint density at radius 3 is 2.75 bits per heavy atom. The van der Waals surface area contributed by atoms with Crippen molar-refractivity contribution >= 4 is 0 Å². The number of rotatable bonds is 5. The summed E-state index contributed by atoms with van der Waals surface area (Å²) in [6.45, 7) is 2.20. The van der Waals surface area contributed by atoms with Crippen LogP contribution in [0, 0.1) is 5.92 Å². The van der Waals surface area contributed by atoms with E-state index in [0.717, 1.165) is 12.5 Å². The van der Waals surface area contributed by atoms with Gasteiger partial charge in [0.2, 0.25) is 0 Å². The molecule has 0 bridgehead atoms. The molecular formula is C14H25NO. The molecule has 1 aliphatic heterocycles. The summed E-state index contributed by atoms with van der Waals surface area (Å²) < 4.78 is 5.53. The van der Waals surface area contributed by atoms with Gasteiger partial charge in [-0.15, -0.1) is 0 Å². The SMILES string of the molecule is C1=COC(CNCCC2CCCCC2)CC1. The van der Waals surface area contributed by atoms with E-state index in [-0.39, 0.29) is 0 Å². The molecule has 1 aliphatic carbocycles. The van der Waals surface area contributed by atoms with E-state index >= 15 is 0 Å². The highest BCUT2D eigenvalue weighted by atomic mass is 16.5. The summed E-state index contributed by atoms with van der Waals surface area (Å²) in [5.74, 6) is 0.994. The van der Waals surface area contributed by atoms with Crippen LogP contribution in [0.1, 0.15) is 51.4 Å². The zero-order valence-corrected chi connectivity index (χ0v) is 10.3. The van der Waals surface area contributed by atoms with E-state index in [1.54, 1.807) is 0 Å². The monoisotopic (exact) mass is 223 g/mol. The van der Waals surface area contributed by atoms with Gasteiger partial charge in [0.1, 0.15) is 6.10 Å². The Morgan fingerprint density at radius 1 is 1.12 bits per heavy atom. The van der Waals surface area contributed by atoms with Gasteiger partial charge in [0.05, 0.1) is 6.26 Å². The van der Waals surface area contributed by atoms with E-state index in [0.29, 0.717) is 6.10 Å². The Kier molecular flexibility index (Phi) is 5.20. The highest BCUT2D eigenvalue weighted by Gasteiger charge is 2.13. The van der Waals surface area contributed by atoms with Crippen LogP contribution >= 0.6 is 0 Å². The van der Waals surface area contributed by atoms with Gasteiger partial charge in [-0.1, -0.05) is 32.1 Å². The zero-order valence-electron chi connectivity index (χ0n) is 10.3. The van der Waals surface area contributed by atoms with Crippen molar-refractivity contribution in [2.75, 3.05) is 13.1 Å². The van der Waals surface area contributed by atoms with Crippen LogP contribution in [-0.4, -0.2) is 19.2 Å². The summed E-state index contributed by atoms with van der Waals surface area (Å²) in [7, 11) is 0. The van der Waals surface area contributed by atoms with E-state index < -0.39 is 0 Å². The molecule has 1 saturated carbocycles. The van der Waals surface area contributed by atoms with Crippen LogP contribution in [0.5, 0.6) is 0 Å². The summed E-state index contributed by atoms with van der Waals surface area (Å²) in [4.78, 5) is 0. The van der Waals surface area contributed by atoms with E-state index in [1.165, 1.54) is 57.9 Å². The second-order valence-corrected chi connectivity index (χ2v) is 5.20. The molecule has 2 rings (SSSR count). The molecule has 2 aliphatic rings. The third-order valence-corrected chi connectivity index (χ3v) is 3.85. The Bertz CT molecular complexity index is 209. The van der Waals surface area contributed by atoms with Crippen molar-refractivity contribution in [3.05, 3.63) is 12.3 Å². The second-order valence-electron chi connectivity index (χ2n) is 5.20. The van der Waals surface area contributed by atoms with Crippen LogP contribution in [0.4, 0.5) is 0 Å². The Labute approximate surface area is 99.4 Å². The average molecular weight is 223 g/mol. The number of hydrogen-bond donors (Lipinski definition) is 1. The van der Waals surface area contributed by atoms with Gasteiger partial charge in [-0.05, 0) is 37.8 Å². The van der Waals surface area contributed by atoms with Crippen LogP contribution in [0.2, 0.25) is 0 Å². The molecule has 92 valence electrons. The standard InChI is InChI=1S/C14H25NO/c1-2-6-13(7-3-1)9-10-15-12-14-8-4-5-11-16-14/h5,11,13-15H,1-4,6-10,12H2. The van der Waals surface area contributed by atoms with Crippen molar-refractivity contribution in [1.82, 2.24) is 5.32 Å². The molecule has 0 aromatic rings. The summed E-state index contributed by atoms with van der Waals surface area (Å²) in [6.07, 6.45) is 15.4. The van der Waals surface area contributed by atoms with Crippen LogP contribution in [0.15, 0.2) is 12.3 Å². The van der Waals surface area contributed by atoms with Crippen molar-refractivity contribution in [2.24, 2.45) is 5.92 Å². The van der Waals surface area contributed by atoms with E-state index in [4.69, 9.17) is 4.74 Å². The first-order chi connectivity index (χ1) is 7.95. The first-order valence-electron chi connectivity index (χ1n) is 6.96. The highest BCUT2D eigenvalue weighted by molar-refractivity contribution is 4.83. The summed E-state index contributed by atoms with van der Waals surface area (Å²) >= 11 is 0. The molecular weight excluding hydrogens is 198 g/mol. The predicted octanol–water partition coefficient (Wildman–Crippen LogP) is 3.24. The lowest BCUT2D eigenvalue weighted by atomic mass is 9.87. The van der Waals surface area contributed by atoms with Crippen molar-refractivity contribution in [1.29, 1.82) is 0 Å². The summed E-state index contributed by atoms with van der Waals surface area (Å²) in [6, 6.07) is 0. The molecule has 0 amide bonds. The first-order valence-corrected chi connectivity index (χ1v) is 6.96. The van der Waals surface area contributed by atoms with Gasteiger partial charge in [-0.3, -0.25) is 0 Å². The van der Waals surface area contributed by atoms with Crippen molar-refractivity contribution in [3.63, 3.8) is 0 Å². The van der Waals surface area contributed by atoms with Crippen LogP contribution in [-0.2, 0) is 4.74 Å². The maximum atomic E-state index is 5.53. The normalized spacial score (nSPS) is 26.6. The minimum atomic E-state index is 0.413. The smallest absolute Gasteiger partial charge is 0.110 e. The van der Waals surface area contributed by atoms with Gasteiger partial charge < -0.3 is 10.1 Å². The molecule has 1 heterocycles. The fourth-order valence-corrected chi connectivity index (χ4v) is 2.78. The van der Waals surface area contributed by atoms with E-state index in [2.05, 4.69) is 11.4 Å². The van der Waals surface area contributed by atoms with Gasteiger partial charge >= 0.3 is 0 Å². The number of nitrogens with one attached hydrogen (secondary N) is 1. The van der Waals surface area contributed by atoms with Gasteiger partial charge in [-0.25, -0.2) is 0 Å². The van der Waals surface area contributed by atoms with Crippen LogP contribution < -0.4 is 5.32 Å². The molecule has 0 spiro atoms. The Hall–Kier alpha value is -0.500. The predicted molar refractivity (Wildman–Crippen MR) is 67.3 cm³/mol. The largest absolute Gasteiger partial charge is 0.497 e. The van der Waals surface area contributed by atoms with Crippen molar-refractivity contribution < 1.29 is 4.74 Å². The minimum absolute atomic E-state index is 0.413. The summed E-state index contributed by atoms with van der Waals surface area (Å²) in [5.41, 5.74) is 0. The molecule has 16 heavy (non-hydrogen) atoms. The Balaban J connectivity index is 1.49. The molecule has 0 radical (unpaired) electrons. The lowest BCUT2D eigenvalue weighted by Crippen LogP contribution is -2.30. The lowest BCUT2D eigenvalue weighted by molar-refractivity contribution is 0.122. The molecule has 1 N–H and O–H groups in total. The van der Waals surface area contributed by atoms with Crippen molar-refractivity contribution in [3.8, 4) is 0 Å². The third kappa shape index (κ3) is 4.17. The van der Waals surface area contributed by atoms with Gasteiger partial charge in [-0.2, -0.15) is 0 Å². The third-order valence-electron chi connectivity index (χ3n) is 3.85. The van der Waals surface area contributed by atoms with E-state index in [1.807, 2.05) is 6.26 Å². The Morgan fingerprint density at radius 2 is 2.00 bits per heavy atom. The number of hydrogen-bond acceptors (Lipinski definition) is 2. The molecule has 1 unspecified atom stereocenters. The fraction of sp³-hybridized carbons (Fsp3) is 0.857. The molecule has 2 heteroatoms. The number of ether oxygens (including phenoxy) is 1. The molecule has 0 saturated heterocycles. The van der Waals surface area contributed by atoms with Gasteiger partial charge in [0, 0.05) is 6.54 Å². The maximum Gasteiger partial charge on any atom is 0.110 e. The van der Waals surface area contributed by atoms with Gasteiger partial charge in [0.25, 0.3) is 0 Å². The van der Waals surface area contributed by atoms with Crippen molar-refractivity contribution in [2.45, 2.75) is 57.5 Å². The molecule has 0 aromatic carbocycles. The molecule has 1 atom stereocenters. The number of allylic oxidation sites excluding steroid dienone is 1. The van der Waals surface area contributed by atoms with Gasteiger partial charge in [0.15, 0.2) is 0 Å². The highest BCUT2D eigenvalue weighted by Crippen LogP contribution is 2.25. The molecule has 2 nitrogen and oxygen atoms in total. The van der Waals surface area contributed by atoms with E-state index in [9.17, 15) is 0 Å². The topological polar surface area (TPSA) is 21.3 Å². The fourth-order valence-electron chi connectivity index (χ4n) is 2.78. The molecule has 0 aromatic heterocycles. The van der Waals surface area contributed by atoms with Crippen LogP contribution in [0.3, 0.4) is 0 Å². The second kappa shape index (κ2) is 6.95. The lowest BCUT2D eigenvalue weighted by Gasteiger charge is -2.23. The molecule has 1 fully saturated rings. The quantitative estimate of drug-likeness (QED) is 0.722. The first kappa shape index (κ1) is 12.0. The zero-order chi connectivity index (χ0) is 11.1. The maximum absolute atomic E-state index is 5.53. The minimum Gasteiger partial charge on any atom is -0.497 e. The average Bonchev–Trinajstić information content (AvgIpc) is 2.37. The summed E-state index contributed by atoms with van der Waals surface area (Å²) in [5, 5.41) is 3.54.